The van der Waals surface area contributed by atoms with Crippen LogP contribution < -0.4 is 5.32 Å². The Morgan fingerprint density at radius 1 is 1.57 bits per heavy atom. The van der Waals surface area contributed by atoms with Gasteiger partial charge in [0.1, 0.15) is 5.82 Å². The van der Waals surface area contributed by atoms with Gasteiger partial charge in [0, 0.05) is 17.4 Å². The van der Waals surface area contributed by atoms with Crippen LogP contribution in [0.3, 0.4) is 0 Å². The number of aromatic nitrogens is 1. The fraction of sp³-hybridized carbons (Fsp3) is 0.364. The maximum absolute atomic E-state index is 5.15. The Morgan fingerprint density at radius 3 is 3.00 bits per heavy atom. The van der Waals surface area contributed by atoms with Gasteiger partial charge in [-0.3, -0.25) is 0 Å². The van der Waals surface area contributed by atoms with E-state index in [4.69, 9.17) is 6.42 Å². The van der Waals surface area contributed by atoms with Crippen LogP contribution in [0.1, 0.15) is 18.5 Å². The topological polar surface area (TPSA) is 24.9 Å². The summed E-state index contributed by atoms with van der Waals surface area (Å²) < 4.78 is 1.03. The van der Waals surface area contributed by atoms with Gasteiger partial charge in [-0.15, -0.1) is 12.3 Å². The van der Waals surface area contributed by atoms with Crippen LogP contribution in [-0.4, -0.2) is 11.5 Å². The van der Waals surface area contributed by atoms with Crippen LogP contribution in [0.15, 0.2) is 16.6 Å². The van der Waals surface area contributed by atoms with Crippen molar-refractivity contribution in [2.75, 3.05) is 11.9 Å². The molecule has 2 nitrogen and oxygen atoms in total. The van der Waals surface area contributed by atoms with Crippen LogP contribution in [0.5, 0.6) is 0 Å². The molecule has 74 valence electrons. The molecule has 1 aromatic heterocycles. The smallest absolute Gasteiger partial charge is 0.126 e. The van der Waals surface area contributed by atoms with Gasteiger partial charge in [0.2, 0.25) is 0 Å². The Labute approximate surface area is 93.3 Å². The molecule has 1 aromatic rings. The van der Waals surface area contributed by atoms with E-state index < -0.39 is 0 Å². The van der Waals surface area contributed by atoms with E-state index >= 15 is 0 Å². The summed E-state index contributed by atoms with van der Waals surface area (Å²) in [5.74, 6) is 3.51. The monoisotopic (exact) mass is 252 g/mol. The third-order valence-electron chi connectivity index (χ3n) is 1.83. The van der Waals surface area contributed by atoms with Gasteiger partial charge in [-0.25, -0.2) is 4.98 Å². The van der Waals surface area contributed by atoms with Crippen LogP contribution in [0.25, 0.3) is 0 Å². The zero-order chi connectivity index (χ0) is 10.4. The Kier molecular flexibility index (Phi) is 4.48. The molecule has 1 N–H and O–H groups in total. The molecule has 0 amide bonds. The van der Waals surface area contributed by atoms with E-state index in [9.17, 15) is 0 Å². The molecule has 0 saturated carbocycles. The lowest BCUT2D eigenvalue weighted by atomic mass is 10.3. The lowest BCUT2D eigenvalue weighted by molar-refractivity contribution is 0.899. The summed E-state index contributed by atoms with van der Waals surface area (Å²) in [7, 11) is 0. The van der Waals surface area contributed by atoms with Gasteiger partial charge in [0.15, 0.2) is 0 Å². The third kappa shape index (κ3) is 3.39. The number of anilines is 1. The number of nitrogens with zero attached hydrogens (tertiary/aromatic N) is 1. The summed E-state index contributed by atoms with van der Waals surface area (Å²) in [6, 6.07) is 3.94. The number of terminal acetylenes is 1. The van der Waals surface area contributed by atoms with Crippen molar-refractivity contribution in [3.8, 4) is 12.3 Å². The number of halogens is 1. The van der Waals surface area contributed by atoms with E-state index in [1.54, 1.807) is 0 Å². The molecule has 0 bridgehead atoms. The summed E-state index contributed by atoms with van der Waals surface area (Å²) in [5.41, 5.74) is 0.993. The normalized spacial score (nSPS) is 9.50. The number of hydrogen-bond donors (Lipinski definition) is 1. The molecule has 0 radical (unpaired) electrons. The number of unbranched alkanes of at least 4 members (excludes halogenated alkanes) is 1. The van der Waals surface area contributed by atoms with Gasteiger partial charge in [-0.1, -0.05) is 0 Å². The molecule has 14 heavy (non-hydrogen) atoms. The fourth-order valence-electron chi connectivity index (χ4n) is 1.05. The van der Waals surface area contributed by atoms with Crippen molar-refractivity contribution in [2.24, 2.45) is 0 Å². The van der Waals surface area contributed by atoms with Crippen LogP contribution in [0.2, 0.25) is 0 Å². The second-order valence-electron chi connectivity index (χ2n) is 3.00. The quantitative estimate of drug-likeness (QED) is 0.659. The number of nitrogens with one attached hydrogen (secondary N) is 1. The highest BCUT2D eigenvalue weighted by Gasteiger charge is 1.97. The van der Waals surface area contributed by atoms with Crippen LogP contribution in [0.4, 0.5) is 5.82 Å². The Hall–Kier alpha value is -1.01. The highest BCUT2D eigenvalue weighted by molar-refractivity contribution is 9.10. The minimum atomic E-state index is 0.808. The van der Waals surface area contributed by atoms with Gasteiger partial charge in [-0.05, 0) is 41.4 Å². The van der Waals surface area contributed by atoms with E-state index in [1.807, 2.05) is 19.1 Å². The molecule has 0 fully saturated rings. The zero-order valence-corrected chi connectivity index (χ0v) is 9.76. The second kappa shape index (κ2) is 5.66. The first kappa shape index (κ1) is 11.1. The van der Waals surface area contributed by atoms with Gasteiger partial charge in [0.05, 0.1) is 5.69 Å². The molecule has 0 saturated heterocycles. The molecule has 0 atom stereocenters. The Bertz CT molecular complexity index is 342. The molecule has 0 aliphatic heterocycles. The standard InChI is InChI=1S/C11H13BrN2/c1-3-4-5-8-13-11-7-6-10(12)9(2)14-11/h1,6-7H,4-5,8H2,2H3,(H,13,14). The van der Waals surface area contributed by atoms with Crippen molar-refractivity contribution < 1.29 is 0 Å². The highest BCUT2D eigenvalue weighted by atomic mass is 79.9. The van der Waals surface area contributed by atoms with Gasteiger partial charge >= 0.3 is 0 Å². The van der Waals surface area contributed by atoms with Gasteiger partial charge < -0.3 is 5.32 Å². The van der Waals surface area contributed by atoms with Crippen molar-refractivity contribution in [3.05, 3.63) is 22.3 Å². The number of hydrogen-bond acceptors (Lipinski definition) is 2. The van der Waals surface area contributed by atoms with Crippen molar-refractivity contribution in [1.82, 2.24) is 4.98 Å². The average Bonchev–Trinajstić information content (AvgIpc) is 2.18. The third-order valence-corrected chi connectivity index (χ3v) is 2.66. The van der Waals surface area contributed by atoms with E-state index in [1.165, 1.54) is 0 Å². The highest BCUT2D eigenvalue weighted by Crippen LogP contribution is 2.15. The minimum Gasteiger partial charge on any atom is -0.370 e. The molecule has 0 unspecified atom stereocenters. The maximum Gasteiger partial charge on any atom is 0.126 e. The lowest BCUT2D eigenvalue weighted by Gasteiger charge is -2.05. The molecular weight excluding hydrogens is 240 g/mol. The largest absolute Gasteiger partial charge is 0.370 e. The predicted molar refractivity (Wildman–Crippen MR) is 63.2 cm³/mol. The van der Waals surface area contributed by atoms with Crippen molar-refractivity contribution in [1.29, 1.82) is 0 Å². The fourth-order valence-corrected chi connectivity index (χ4v) is 1.27. The molecule has 0 spiro atoms. The Balaban J connectivity index is 2.44. The summed E-state index contributed by atoms with van der Waals surface area (Å²) in [6.45, 7) is 2.84. The summed E-state index contributed by atoms with van der Waals surface area (Å²) >= 11 is 3.41. The first-order chi connectivity index (χ1) is 6.74. The number of rotatable bonds is 4. The molecule has 1 heterocycles. The summed E-state index contributed by atoms with van der Waals surface area (Å²) in [6.07, 6.45) is 6.94. The second-order valence-corrected chi connectivity index (χ2v) is 3.85. The van der Waals surface area contributed by atoms with Crippen molar-refractivity contribution in [2.45, 2.75) is 19.8 Å². The van der Waals surface area contributed by atoms with Crippen LogP contribution in [-0.2, 0) is 0 Å². The SMILES string of the molecule is C#CCCCNc1ccc(Br)c(C)n1. The molecular formula is C11H13BrN2. The molecule has 0 aromatic carbocycles. The van der Waals surface area contributed by atoms with Crippen LogP contribution >= 0.6 is 15.9 Å². The summed E-state index contributed by atoms with van der Waals surface area (Å²) in [4.78, 5) is 4.36. The van der Waals surface area contributed by atoms with Crippen molar-refractivity contribution in [3.63, 3.8) is 0 Å². The zero-order valence-electron chi connectivity index (χ0n) is 8.18. The molecule has 3 heteroatoms. The van der Waals surface area contributed by atoms with Crippen molar-refractivity contribution >= 4 is 21.7 Å². The maximum atomic E-state index is 5.15. The minimum absolute atomic E-state index is 0.808. The number of pyridine rings is 1. The van der Waals surface area contributed by atoms with E-state index in [2.05, 4.69) is 32.2 Å². The Morgan fingerprint density at radius 2 is 2.36 bits per heavy atom. The van der Waals surface area contributed by atoms with E-state index in [0.29, 0.717) is 0 Å². The average molecular weight is 253 g/mol. The van der Waals surface area contributed by atoms with E-state index in [-0.39, 0.29) is 0 Å². The molecule has 0 aliphatic carbocycles. The molecule has 1 rings (SSSR count). The van der Waals surface area contributed by atoms with Gasteiger partial charge in [0.25, 0.3) is 0 Å². The first-order valence-electron chi connectivity index (χ1n) is 4.54. The van der Waals surface area contributed by atoms with Gasteiger partial charge in [-0.2, -0.15) is 0 Å². The van der Waals surface area contributed by atoms with E-state index in [0.717, 1.165) is 35.4 Å². The number of aryl methyl sites for hydroxylation is 1. The van der Waals surface area contributed by atoms with Crippen LogP contribution in [0, 0.1) is 19.3 Å². The predicted octanol–water partition coefficient (Wildman–Crippen LogP) is 2.98. The first-order valence-corrected chi connectivity index (χ1v) is 5.34. The lowest BCUT2D eigenvalue weighted by Crippen LogP contribution is -2.03. The summed E-state index contributed by atoms with van der Waals surface area (Å²) in [5, 5.41) is 3.22. The molecule has 0 aliphatic rings.